The third kappa shape index (κ3) is 4.04. The van der Waals surface area contributed by atoms with Gasteiger partial charge in [0.25, 0.3) is 16.7 Å². The van der Waals surface area contributed by atoms with E-state index in [0.717, 1.165) is 16.3 Å². The number of rotatable bonds is 7. The Kier molecular flexibility index (Phi) is 5.78. The van der Waals surface area contributed by atoms with Crippen LogP contribution in [0.15, 0.2) is 36.0 Å². The molecule has 154 valence electrons. The average molecular weight is 419 g/mol. The highest BCUT2D eigenvalue weighted by Gasteiger charge is 2.23. The van der Waals surface area contributed by atoms with Crippen LogP contribution in [0.1, 0.15) is 30.0 Å². The summed E-state index contributed by atoms with van der Waals surface area (Å²) in [5.74, 6) is 0.207. The number of carbonyl (C=O) groups excluding carboxylic acids is 1. The predicted molar refractivity (Wildman–Crippen MR) is 107 cm³/mol. The number of thioether (sulfide) groups is 1. The second-order valence-corrected chi connectivity index (χ2v) is 7.81. The Bertz CT molecular complexity index is 1170. The van der Waals surface area contributed by atoms with Crippen LogP contribution in [0, 0.1) is 12.8 Å². The molecule has 0 fully saturated rings. The van der Waals surface area contributed by atoms with Gasteiger partial charge in [-0.15, -0.1) is 10.2 Å². The number of furan rings is 1. The Morgan fingerprint density at radius 1 is 1.31 bits per heavy atom. The van der Waals surface area contributed by atoms with E-state index in [9.17, 15) is 14.4 Å². The summed E-state index contributed by atoms with van der Waals surface area (Å²) in [6.45, 7) is 5.87. The zero-order valence-electron chi connectivity index (χ0n) is 16.5. The maximum Gasteiger partial charge on any atom is 0.332 e. The number of aromatic nitrogens is 4. The summed E-state index contributed by atoms with van der Waals surface area (Å²) in [6.07, 6.45) is 1.51. The van der Waals surface area contributed by atoms with Crippen LogP contribution in [0.4, 0.5) is 5.82 Å². The molecule has 3 heterocycles. The third-order valence-corrected chi connectivity index (χ3v) is 5.05. The van der Waals surface area contributed by atoms with Gasteiger partial charge in [-0.05, 0) is 18.9 Å². The molecule has 0 bridgehead atoms. The topological polar surface area (TPSA) is 139 Å². The van der Waals surface area contributed by atoms with Crippen molar-refractivity contribution in [2.45, 2.75) is 32.5 Å². The summed E-state index contributed by atoms with van der Waals surface area (Å²) in [5, 5.41) is 7.99. The van der Waals surface area contributed by atoms with Crippen LogP contribution >= 0.6 is 11.8 Å². The number of carbonyl (C=O) groups is 1. The summed E-state index contributed by atoms with van der Waals surface area (Å²) < 4.78 is 12.9. The standard InChI is InChI=1S/C18H21N5O5S/c1-9(2)7-23-14(19)13(16(25)22(4)18(23)26)12(24)8-29-17-21-20-15(28-17)11-5-6-27-10(11)3/h5-6,9H,7-8,19H2,1-4H3. The molecule has 2 N–H and O–H groups in total. The first kappa shape index (κ1) is 20.6. The normalized spacial score (nSPS) is 11.3. The van der Waals surface area contributed by atoms with Crippen LogP contribution in [0.2, 0.25) is 0 Å². The summed E-state index contributed by atoms with van der Waals surface area (Å²) >= 11 is 0.983. The molecule has 0 unspecified atom stereocenters. The molecule has 0 aliphatic heterocycles. The van der Waals surface area contributed by atoms with E-state index in [-0.39, 0.29) is 34.2 Å². The van der Waals surface area contributed by atoms with E-state index in [2.05, 4.69) is 10.2 Å². The number of Topliss-reactive ketones (excluding diaryl/α,β-unsaturated/α-hetero) is 1. The number of nitrogen functional groups attached to an aromatic ring is 1. The van der Waals surface area contributed by atoms with Gasteiger partial charge >= 0.3 is 5.69 Å². The van der Waals surface area contributed by atoms with Gasteiger partial charge in [0, 0.05) is 13.6 Å². The summed E-state index contributed by atoms with van der Waals surface area (Å²) in [7, 11) is 1.32. The van der Waals surface area contributed by atoms with Gasteiger partial charge in [0.05, 0.1) is 17.6 Å². The van der Waals surface area contributed by atoms with E-state index >= 15 is 0 Å². The molecule has 0 aromatic carbocycles. The molecule has 10 nitrogen and oxygen atoms in total. The van der Waals surface area contributed by atoms with Crippen molar-refractivity contribution in [2.75, 3.05) is 11.5 Å². The maximum atomic E-state index is 12.7. The maximum absolute atomic E-state index is 12.7. The van der Waals surface area contributed by atoms with Gasteiger partial charge in [-0.3, -0.25) is 18.7 Å². The molecule has 0 saturated heterocycles. The first-order valence-electron chi connectivity index (χ1n) is 8.84. The second kappa shape index (κ2) is 8.11. The molecule has 0 saturated carbocycles. The Morgan fingerprint density at radius 3 is 2.66 bits per heavy atom. The smallest absolute Gasteiger partial charge is 0.332 e. The van der Waals surface area contributed by atoms with E-state index in [1.54, 1.807) is 13.0 Å². The molecule has 0 aliphatic carbocycles. The minimum absolute atomic E-state index is 0.105. The minimum atomic E-state index is -0.724. The highest BCUT2D eigenvalue weighted by molar-refractivity contribution is 7.99. The zero-order chi connectivity index (χ0) is 21.3. The van der Waals surface area contributed by atoms with E-state index in [4.69, 9.17) is 14.6 Å². The molecule has 11 heteroatoms. The number of anilines is 1. The van der Waals surface area contributed by atoms with E-state index < -0.39 is 17.0 Å². The van der Waals surface area contributed by atoms with Crippen molar-refractivity contribution in [1.82, 2.24) is 19.3 Å². The first-order valence-corrected chi connectivity index (χ1v) is 9.82. The molecule has 0 aliphatic rings. The SMILES string of the molecule is Cc1occc1-c1nnc(SCC(=O)c2c(N)n(CC(C)C)c(=O)n(C)c2=O)o1. The van der Waals surface area contributed by atoms with Gasteiger partial charge in [0.1, 0.15) is 17.1 Å². The minimum Gasteiger partial charge on any atom is -0.469 e. The molecule has 3 aromatic rings. The molecule has 0 atom stereocenters. The molecule has 0 spiro atoms. The number of hydrogen-bond donors (Lipinski definition) is 1. The van der Waals surface area contributed by atoms with Crippen LogP contribution in [0.3, 0.4) is 0 Å². The highest BCUT2D eigenvalue weighted by Crippen LogP contribution is 2.26. The Labute approximate surface area is 169 Å². The van der Waals surface area contributed by atoms with Crippen molar-refractivity contribution >= 4 is 23.4 Å². The Balaban J connectivity index is 1.84. The number of ketones is 1. The number of nitrogens with two attached hydrogens (primary N) is 1. The summed E-state index contributed by atoms with van der Waals surface area (Å²) in [4.78, 5) is 37.5. The molecule has 3 rings (SSSR count). The molecule has 29 heavy (non-hydrogen) atoms. The van der Waals surface area contributed by atoms with E-state index in [1.807, 2.05) is 13.8 Å². The van der Waals surface area contributed by atoms with Crippen LogP contribution in [0.5, 0.6) is 0 Å². The first-order chi connectivity index (χ1) is 13.7. The lowest BCUT2D eigenvalue weighted by molar-refractivity contribution is 0.102. The van der Waals surface area contributed by atoms with Crippen LogP contribution in [-0.4, -0.2) is 30.9 Å². The van der Waals surface area contributed by atoms with Gasteiger partial charge in [0.15, 0.2) is 5.78 Å². The lowest BCUT2D eigenvalue weighted by Crippen LogP contribution is -2.43. The third-order valence-electron chi connectivity index (χ3n) is 4.23. The van der Waals surface area contributed by atoms with Gasteiger partial charge in [-0.2, -0.15) is 0 Å². The Morgan fingerprint density at radius 2 is 2.03 bits per heavy atom. The van der Waals surface area contributed by atoms with Gasteiger partial charge in [0.2, 0.25) is 0 Å². The summed E-state index contributed by atoms with van der Waals surface area (Å²) in [5.41, 5.74) is 5.18. The zero-order valence-corrected chi connectivity index (χ0v) is 17.3. The number of aryl methyl sites for hydroxylation is 1. The number of hydrogen-bond acceptors (Lipinski definition) is 9. The largest absolute Gasteiger partial charge is 0.469 e. The van der Waals surface area contributed by atoms with Crippen molar-refractivity contribution in [3.05, 3.63) is 44.5 Å². The monoisotopic (exact) mass is 419 g/mol. The van der Waals surface area contributed by atoms with Crippen LogP contribution < -0.4 is 17.0 Å². The van der Waals surface area contributed by atoms with Crippen molar-refractivity contribution < 1.29 is 13.6 Å². The summed E-state index contributed by atoms with van der Waals surface area (Å²) in [6, 6.07) is 1.70. The van der Waals surface area contributed by atoms with Gasteiger partial charge in [-0.1, -0.05) is 25.6 Å². The second-order valence-electron chi connectivity index (χ2n) is 6.89. The molecular weight excluding hydrogens is 398 g/mol. The van der Waals surface area contributed by atoms with Crippen LogP contribution in [-0.2, 0) is 13.6 Å². The Hall–Kier alpha value is -3.08. The van der Waals surface area contributed by atoms with Crippen molar-refractivity contribution in [3.8, 4) is 11.5 Å². The fourth-order valence-corrected chi connectivity index (χ4v) is 3.41. The lowest BCUT2D eigenvalue weighted by atomic mass is 10.2. The van der Waals surface area contributed by atoms with E-state index in [1.165, 1.54) is 17.9 Å². The fourth-order valence-electron chi connectivity index (χ4n) is 2.77. The predicted octanol–water partition coefficient (Wildman–Crippen LogP) is 1.71. The average Bonchev–Trinajstić information content (AvgIpc) is 3.30. The highest BCUT2D eigenvalue weighted by atomic mass is 32.2. The van der Waals surface area contributed by atoms with Gasteiger partial charge < -0.3 is 14.6 Å². The van der Waals surface area contributed by atoms with Crippen molar-refractivity contribution in [2.24, 2.45) is 13.0 Å². The molecule has 0 radical (unpaired) electrons. The molecule has 0 amide bonds. The molecular formula is C18H21N5O5S. The van der Waals surface area contributed by atoms with Gasteiger partial charge in [-0.25, -0.2) is 4.79 Å². The van der Waals surface area contributed by atoms with Crippen LogP contribution in [0.25, 0.3) is 11.5 Å². The van der Waals surface area contributed by atoms with E-state index in [0.29, 0.717) is 17.9 Å². The lowest BCUT2D eigenvalue weighted by Gasteiger charge is -2.15. The molecule has 3 aromatic heterocycles. The van der Waals surface area contributed by atoms with Crippen molar-refractivity contribution in [3.63, 3.8) is 0 Å². The van der Waals surface area contributed by atoms with Crippen molar-refractivity contribution in [1.29, 1.82) is 0 Å². The quantitative estimate of drug-likeness (QED) is 0.448. The number of nitrogens with zero attached hydrogens (tertiary/aromatic N) is 4. The fraction of sp³-hybridized carbons (Fsp3) is 0.389.